The van der Waals surface area contributed by atoms with Gasteiger partial charge in [-0.3, -0.25) is 9.36 Å². The molecule has 0 aliphatic heterocycles. The van der Waals surface area contributed by atoms with Gasteiger partial charge in [0.05, 0.1) is 29.1 Å². The minimum absolute atomic E-state index is 0.0870. The van der Waals surface area contributed by atoms with E-state index in [1.807, 2.05) is 59.2 Å². The van der Waals surface area contributed by atoms with E-state index in [4.69, 9.17) is 27.9 Å². The summed E-state index contributed by atoms with van der Waals surface area (Å²) in [4.78, 5) is 12.4. The molecule has 0 radical (unpaired) electrons. The molecule has 0 atom stereocenters. The van der Waals surface area contributed by atoms with Crippen LogP contribution in [-0.2, 0) is 4.79 Å². The molecule has 172 valence electrons. The zero-order valence-electron chi connectivity index (χ0n) is 18.0. The van der Waals surface area contributed by atoms with Gasteiger partial charge in [0.2, 0.25) is 0 Å². The molecular weight excluding hydrogens is 493 g/mol. The number of carbonyl (C=O) groups is 1. The molecule has 4 aromatic rings. The van der Waals surface area contributed by atoms with Gasteiger partial charge < -0.3 is 4.74 Å². The Kier molecular flexibility index (Phi) is 7.84. The highest BCUT2D eigenvalue weighted by Crippen LogP contribution is 2.29. The number of methoxy groups -OCH3 is 1. The molecule has 0 aliphatic rings. The van der Waals surface area contributed by atoms with Crippen molar-refractivity contribution >= 4 is 47.1 Å². The van der Waals surface area contributed by atoms with Gasteiger partial charge in [-0.25, -0.2) is 5.43 Å². The highest BCUT2D eigenvalue weighted by Gasteiger charge is 2.17. The molecule has 1 N–H and O–H groups in total. The molecule has 0 fully saturated rings. The summed E-state index contributed by atoms with van der Waals surface area (Å²) in [7, 11) is 1.62. The van der Waals surface area contributed by atoms with Crippen LogP contribution in [0.3, 0.4) is 0 Å². The van der Waals surface area contributed by atoms with Crippen LogP contribution in [0.25, 0.3) is 17.1 Å². The number of benzene rings is 3. The maximum Gasteiger partial charge on any atom is 0.250 e. The third-order valence-electron chi connectivity index (χ3n) is 4.70. The van der Waals surface area contributed by atoms with Gasteiger partial charge in [-0.1, -0.05) is 77.4 Å². The maximum absolute atomic E-state index is 12.4. The lowest BCUT2D eigenvalue weighted by molar-refractivity contribution is -0.118. The second kappa shape index (κ2) is 11.2. The molecule has 10 heteroatoms. The van der Waals surface area contributed by atoms with E-state index in [9.17, 15) is 4.79 Å². The summed E-state index contributed by atoms with van der Waals surface area (Å²) in [5.41, 5.74) is 4.86. The van der Waals surface area contributed by atoms with Gasteiger partial charge in [-0.15, -0.1) is 10.2 Å². The van der Waals surface area contributed by atoms with Gasteiger partial charge in [-0.05, 0) is 30.3 Å². The standard InChI is InChI=1S/C24H19Cl2N5O2S/c1-33-19-12-10-18(11-13-19)31-23(16-6-3-2-4-7-16)29-30-24(31)34-15-21(32)28-27-14-17-8-5-9-20(25)22(17)26/h2-14H,15H2,1H3,(H,28,32)/b27-14-. The lowest BCUT2D eigenvalue weighted by Gasteiger charge is -2.11. The van der Waals surface area contributed by atoms with Gasteiger partial charge in [-0.2, -0.15) is 5.10 Å². The average Bonchev–Trinajstić information content (AvgIpc) is 3.30. The van der Waals surface area contributed by atoms with Crippen LogP contribution in [0.1, 0.15) is 5.56 Å². The number of hydrogen-bond acceptors (Lipinski definition) is 6. The van der Waals surface area contributed by atoms with Crippen molar-refractivity contribution in [3.63, 3.8) is 0 Å². The van der Waals surface area contributed by atoms with Gasteiger partial charge in [0.15, 0.2) is 11.0 Å². The first-order valence-corrected chi connectivity index (χ1v) is 11.8. The number of halogens is 2. The molecule has 0 saturated heterocycles. The van der Waals surface area contributed by atoms with Crippen molar-refractivity contribution in [3.05, 3.63) is 88.4 Å². The second-order valence-corrected chi connectivity index (χ2v) is 8.66. The Morgan fingerprint density at radius 3 is 2.56 bits per heavy atom. The fourth-order valence-electron chi connectivity index (χ4n) is 3.06. The fourth-order valence-corrected chi connectivity index (χ4v) is 4.16. The molecule has 1 heterocycles. The Morgan fingerprint density at radius 1 is 1.06 bits per heavy atom. The average molecular weight is 512 g/mol. The summed E-state index contributed by atoms with van der Waals surface area (Å²) >= 11 is 13.4. The summed E-state index contributed by atoms with van der Waals surface area (Å²) in [5, 5.41) is 14.0. The van der Waals surface area contributed by atoms with Crippen molar-refractivity contribution in [1.82, 2.24) is 20.2 Å². The summed E-state index contributed by atoms with van der Waals surface area (Å²) < 4.78 is 7.17. The van der Waals surface area contributed by atoms with Crippen LogP contribution in [0, 0.1) is 0 Å². The number of rotatable bonds is 8. The number of thioether (sulfide) groups is 1. The number of aromatic nitrogens is 3. The molecule has 0 unspecified atom stereocenters. The van der Waals surface area contributed by atoms with E-state index in [0.717, 1.165) is 17.0 Å². The number of hydrogen-bond donors (Lipinski definition) is 1. The highest BCUT2D eigenvalue weighted by atomic mass is 35.5. The Bertz CT molecular complexity index is 1310. The third kappa shape index (κ3) is 5.59. The molecule has 0 bridgehead atoms. The first-order chi connectivity index (χ1) is 16.6. The predicted molar refractivity (Wildman–Crippen MR) is 136 cm³/mol. The fraction of sp³-hybridized carbons (Fsp3) is 0.0833. The highest BCUT2D eigenvalue weighted by molar-refractivity contribution is 7.99. The van der Waals surface area contributed by atoms with Crippen LogP contribution in [0.4, 0.5) is 0 Å². The van der Waals surface area contributed by atoms with E-state index in [1.165, 1.54) is 18.0 Å². The number of nitrogens with one attached hydrogen (secondary N) is 1. The van der Waals surface area contributed by atoms with Crippen molar-refractivity contribution in [2.24, 2.45) is 5.10 Å². The Balaban J connectivity index is 1.51. The van der Waals surface area contributed by atoms with E-state index in [0.29, 0.717) is 26.6 Å². The molecular formula is C24H19Cl2N5O2S. The smallest absolute Gasteiger partial charge is 0.250 e. The maximum atomic E-state index is 12.4. The molecule has 0 saturated carbocycles. The SMILES string of the molecule is COc1ccc(-n2c(SCC(=O)N/N=C\c3cccc(Cl)c3Cl)nnc2-c2ccccc2)cc1. The van der Waals surface area contributed by atoms with Crippen LogP contribution in [-0.4, -0.2) is 39.7 Å². The van der Waals surface area contributed by atoms with Gasteiger partial charge in [0.25, 0.3) is 5.91 Å². The van der Waals surface area contributed by atoms with Crippen molar-refractivity contribution in [3.8, 4) is 22.8 Å². The van der Waals surface area contributed by atoms with Gasteiger partial charge in [0.1, 0.15) is 5.75 Å². The zero-order chi connectivity index (χ0) is 23.9. The Morgan fingerprint density at radius 2 is 1.82 bits per heavy atom. The topological polar surface area (TPSA) is 81.4 Å². The predicted octanol–water partition coefficient (Wildman–Crippen LogP) is 5.49. The number of nitrogens with zero attached hydrogens (tertiary/aromatic N) is 4. The lowest BCUT2D eigenvalue weighted by atomic mass is 10.2. The van der Waals surface area contributed by atoms with Crippen molar-refractivity contribution in [1.29, 1.82) is 0 Å². The minimum Gasteiger partial charge on any atom is -0.497 e. The zero-order valence-corrected chi connectivity index (χ0v) is 20.3. The molecule has 34 heavy (non-hydrogen) atoms. The third-order valence-corrected chi connectivity index (χ3v) is 6.47. The molecule has 1 aromatic heterocycles. The summed E-state index contributed by atoms with van der Waals surface area (Å²) in [6, 6.07) is 22.5. The molecule has 1 amide bonds. The van der Waals surface area contributed by atoms with E-state index in [-0.39, 0.29) is 11.7 Å². The van der Waals surface area contributed by atoms with Crippen LogP contribution >= 0.6 is 35.0 Å². The lowest BCUT2D eigenvalue weighted by Crippen LogP contribution is -2.20. The van der Waals surface area contributed by atoms with E-state index < -0.39 is 0 Å². The Labute approximate surface area is 210 Å². The van der Waals surface area contributed by atoms with Crippen molar-refractivity contribution in [2.75, 3.05) is 12.9 Å². The first kappa shape index (κ1) is 23.8. The van der Waals surface area contributed by atoms with Crippen molar-refractivity contribution in [2.45, 2.75) is 5.16 Å². The monoisotopic (exact) mass is 511 g/mol. The molecule has 7 nitrogen and oxygen atoms in total. The summed E-state index contributed by atoms with van der Waals surface area (Å²) in [6.45, 7) is 0. The molecule has 0 aliphatic carbocycles. The largest absolute Gasteiger partial charge is 0.497 e. The van der Waals surface area contributed by atoms with Crippen LogP contribution in [0.2, 0.25) is 10.0 Å². The van der Waals surface area contributed by atoms with Crippen LogP contribution in [0.15, 0.2) is 83.1 Å². The second-order valence-electron chi connectivity index (χ2n) is 6.93. The van der Waals surface area contributed by atoms with Gasteiger partial charge >= 0.3 is 0 Å². The van der Waals surface area contributed by atoms with Gasteiger partial charge in [0, 0.05) is 16.8 Å². The number of ether oxygens (including phenoxy) is 1. The summed E-state index contributed by atoms with van der Waals surface area (Å²) in [5.74, 6) is 1.19. The van der Waals surface area contributed by atoms with Crippen LogP contribution in [0.5, 0.6) is 5.75 Å². The van der Waals surface area contributed by atoms with Crippen molar-refractivity contribution < 1.29 is 9.53 Å². The number of amides is 1. The Hall–Kier alpha value is -3.33. The quantitative estimate of drug-likeness (QED) is 0.192. The molecule has 4 rings (SSSR count). The number of hydrazone groups is 1. The minimum atomic E-state index is -0.301. The first-order valence-electron chi connectivity index (χ1n) is 10.1. The molecule has 0 spiro atoms. The summed E-state index contributed by atoms with van der Waals surface area (Å²) in [6.07, 6.45) is 1.45. The van der Waals surface area contributed by atoms with E-state index in [2.05, 4.69) is 20.7 Å². The number of carbonyl (C=O) groups excluding carboxylic acids is 1. The molecule has 3 aromatic carbocycles. The van der Waals surface area contributed by atoms with E-state index >= 15 is 0 Å². The normalized spacial score (nSPS) is 11.0. The van der Waals surface area contributed by atoms with Crippen LogP contribution < -0.4 is 10.2 Å². The van der Waals surface area contributed by atoms with E-state index in [1.54, 1.807) is 25.3 Å².